The number of nitrogens with one attached hydrogen (secondary N) is 2. The molecule has 0 saturated carbocycles. The van der Waals surface area contributed by atoms with Crippen LogP contribution in [0.4, 0.5) is 24.5 Å². The van der Waals surface area contributed by atoms with Crippen LogP contribution in [-0.4, -0.2) is 40.5 Å². The highest BCUT2D eigenvalue weighted by Gasteiger charge is 2.33. The molecule has 41 heavy (non-hydrogen) atoms. The molecule has 2 heterocycles. The first-order chi connectivity index (χ1) is 19.2. The molecule has 0 saturated heterocycles. The van der Waals surface area contributed by atoms with Crippen molar-refractivity contribution in [2.24, 2.45) is 0 Å². The number of aromatic nitrogens is 2. The van der Waals surface area contributed by atoms with Gasteiger partial charge in [-0.25, -0.2) is 4.98 Å². The number of rotatable bonds is 7. The number of quaternary nitrogens is 1. The van der Waals surface area contributed by atoms with Crippen molar-refractivity contribution in [1.82, 2.24) is 9.97 Å². The van der Waals surface area contributed by atoms with Gasteiger partial charge in [-0.15, -0.1) is 0 Å². The quantitative estimate of drug-likeness (QED) is 0.186. The molecule has 0 aliphatic carbocycles. The van der Waals surface area contributed by atoms with Gasteiger partial charge in [0.05, 0.1) is 41.8 Å². The smallest absolute Gasteiger partial charge is 0.433 e. The van der Waals surface area contributed by atoms with Crippen LogP contribution in [0.2, 0.25) is 5.02 Å². The lowest BCUT2D eigenvalue weighted by molar-refractivity contribution is -0.853. The molecule has 0 aliphatic rings. The van der Waals surface area contributed by atoms with E-state index >= 15 is 0 Å². The summed E-state index contributed by atoms with van der Waals surface area (Å²) in [6, 6.07) is 16.5. The maximum atomic E-state index is 13.2. The summed E-state index contributed by atoms with van der Waals surface area (Å²) < 4.78 is 38.3. The Morgan fingerprint density at radius 2 is 1.73 bits per heavy atom. The Balaban J connectivity index is 1.62. The fourth-order valence-electron chi connectivity index (χ4n) is 4.06. The molecule has 0 bridgehead atoms. The third-order valence-corrected chi connectivity index (χ3v) is 6.29. The van der Waals surface area contributed by atoms with Crippen LogP contribution in [0.1, 0.15) is 37.7 Å². The Bertz CT molecular complexity index is 1610. The number of benzene rings is 2. The minimum atomic E-state index is -4.66. The fourth-order valence-corrected chi connectivity index (χ4v) is 4.27. The predicted octanol–water partition coefficient (Wildman–Crippen LogP) is 6.70. The van der Waals surface area contributed by atoms with Crippen LogP contribution in [0, 0.1) is 12.1 Å². The van der Waals surface area contributed by atoms with Crippen LogP contribution in [0.5, 0.6) is 0 Å². The molecule has 0 atom stereocenters. The summed E-state index contributed by atoms with van der Waals surface area (Å²) in [5.74, 6) is -1.25. The SMILES string of the molecule is Cc1nc(C(F)(F)F)ccc1C(=O)Nc1cc(C(=O)Nc2ccc(Cl)c(-c3ccccn3)c2)ccc1C[N+](C)(C)[O-]. The number of aryl methyl sites for hydroxylation is 1. The van der Waals surface area contributed by atoms with E-state index in [9.17, 15) is 28.0 Å². The molecule has 0 unspecified atom stereocenters. The summed E-state index contributed by atoms with van der Waals surface area (Å²) >= 11 is 6.34. The number of amides is 2. The molecule has 12 heteroatoms. The van der Waals surface area contributed by atoms with E-state index < -0.39 is 28.3 Å². The summed E-state index contributed by atoms with van der Waals surface area (Å²) in [5, 5.41) is 18.3. The van der Waals surface area contributed by atoms with Crippen molar-refractivity contribution in [3.8, 4) is 11.3 Å². The Kier molecular flexibility index (Phi) is 8.43. The van der Waals surface area contributed by atoms with Crippen molar-refractivity contribution < 1.29 is 27.4 Å². The zero-order chi connectivity index (χ0) is 29.9. The zero-order valence-corrected chi connectivity index (χ0v) is 23.0. The summed E-state index contributed by atoms with van der Waals surface area (Å²) in [7, 11) is 2.83. The Morgan fingerprint density at radius 3 is 2.37 bits per heavy atom. The van der Waals surface area contributed by atoms with Gasteiger partial charge in [0.1, 0.15) is 12.2 Å². The maximum absolute atomic E-state index is 13.2. The number of hydrogen-bond acceptors (Lipinski definition) is 5. The Morgan fingerprint density at radius 1 is 0.976 bits per heavy atom. The Hall–Kier alpha value is -4.32. The Labute approximate surface area is 239 Å². The summed E-state index contributed by atoms with van der Waals surface area (Å²) in [5.41, 5.74) is 1.10. The van der Waals surface area contributed by atoms with E-state index in [4.69, 9.17) is 11.6 Å². The lowest BCUT2D eigenvalue weighted by Gasteiger charge is -2.34. The molecule has 4 aromatic rings. The second-order valence-corrected chi connectivity index (χ2v) is 10.2. The van der Waals surface area contributed by atoms with Gasteiger partial charge in [-0.3, -0.25) is 14.6 Å². The van der Waals surface area contributed by atoms with Crippen LogP contribution >= 0.6 is 11.6 Å². The van der Waals surface area contributed by atoms with Gasteiger partial charge in [0.2, 0.25) is 0 Å². The number of carbonyl (C=O) groups excluding carboxylic acids is 2. The summed E-state index contributed by atoms with van der Waals surface area (Å²) in [6.07, 6.45) is -3.03. The maximum Gasteiger partial charge on any atom is 0.433 e. The van der Waals surface area contributed by atoms with Crippen molar-refractivity contribution in [3.05, 3.63) is 111 Å². The molecule has 0 fully saturated rings. The summed E-state index contributed by atoms with van der Waals surface area (Å²) in [6.45, 7) is 1.24. The largest absolute Gasteiger partial charge is 0.633 e. The molecule has 0 spiro atoms. The van der Waals surface area contributed by atoms with Gasteiger partial charge in [-0.2, -0.15) is 13.2 Å². The second kappa shape index (κ2) is 11.7. The molecule has 2 aromatic carbocycles. The van der Waals surface area contributed by atoms with E-state index in [1.165, 1.54) is 33.2 Å². The van der Waals surface area contributed by atoms with Gasteiger partial charge >= 0.3 is 6.18 Å². The summed E-state index contributed by atoms with van der Waals surface area (Å²) in [4.78, 5) is 34.0. The molecule has 8 nitrogen and oxygen atoms in total. The first-order valence-corrected chi connectivity index (χ1v) is 12.6. The number of alkyl halides is 3. The number of carbonyl (C=O) groups is 2. The molecule has 0 radical (unpaired) electrons. The normalized spacial score (nSPS) is 11.7. The van der Waals surface area contributed by atoms with Gasteiger partial charge in [0, 0.05) is 28.6 Å². The van der Waals surface area contributed by atoms with Crippen molar-refractivity contribution in [2.75, 3.05) is 24.7 Å². The van der Waals surface area contributed by atoms with Gasteiger partial charge in [0.15, 0.2) is 0 Å². The fraction of sp³-hybridized carbons (Fsp3) is 0.172. The van der Waals surface area contributed by atoms with E-state index in [0.29, 0.717) is 27.5 Å². The third kappa shape index (κ3) is 7.46. The van der Waals surface area contributed by atoms with E-state index in [1.54, 1.807) is 42.6 Å². The second-order valence-electron chi connectivity index (χ2n) is 9.75. The standard InChI is InChI=1S/C29H25ClF3N5O3/c1-17-21(10-12-26(35-17)29(31,32)33)28(40)37-25-14-18(7-8-19(25)16-38(2,3)41)27(39)36-20-9-11-23(30)22(15-20)24-6-4-5-13-34-24/h4-15H,16H2,1-3H3,(H,36,39)(H,37,40). The number of hydrogen-bond donors (Lipinski definition) is 2. The van der Waals surface area contributed by atoms with Gasteiger partial charge in [-0.05, 0) is 61.5 Å². The average Bonchev–Trinajstić information content (AvgIpc) is 2.89. The van der Waals surface area contributed by atoms with Crippen molar-refractivity contribution in [2.45, 2.75) is 19.6 Å². The lowest BCUT2D eigenvalue weighted by atomic mass is 10.1. The molecule has 2 aromatic heterocycles. The van der Waals surface area contributed by atoms with Crippen LogP contribution in [0.25, 0.3) is 11.3 Å². The molecular formula is C29H25ClF3N5O3. The molecular weight excluding hydrogens is 559 g/mol. The highest BCUT2D eigenvalue weighted by molar-refractivity contribution is 6.33. The molecule has 212 valence electrons. The number of anilines is 2. The number of halogens is 4. The molecule has 2 amide bonds. The monoisotopic (exact) mass is 583 g/mol. The average molecular weight is 584 g/mol. The number of hydroxylamine groups is 3. The van der Waals surface area contributed by atoms with E-state index in [0.717, 1.165) is 12.1 Å². The van der Waals surface area contributed by atoms with E-state index in [2.05, 4.69) is 20.6 Å². The first-order valence-electron chi connectivity index (χ1n) is 12.3. The lowest BCUT2D eigenvalue weighted by Crippen LogP contribution is -2.31. The number of nitrogens with zero attached hydrogens (tertiary/aromatic N) is 3. The minimum absolute atomic E-state index is 0.0492. The van der Waals surface area contributed by atoms with Gasteiger partial charge < -0.3 is 20.5 Å². The molecule has 4 rings (SSSR count). The molecule has 0 aliphatic heterocycles. The van der Waals surface area contributed by atoms with E-state index in [-0.39, 0.29) is 29.1 Å². The van der Waals surface area contributed by atoms with Crippen LogP contribution in [0.3, 0.4) is 0 Å². The van der Waals surface area contributed by atoms with Crippen molar-refractivity contribution in [3.63, 3.8) is 0 Å². The topological polar surface area (TPSA) is 107 Å². The van der Waals surface area contributed by atoms with Crippen LogP contribution < -0.4 is 10.6 Å². The third-order valence-electron chi connectivity index (χ3n) is 5.96. The predicted molar refractivity (Wildman–Crippen MR) is 150 cm³/mol. The molecule has 2 N–H and O–H groups in total. The minimum Gasteiger partial charge on any atom is -0.633 e. The first kappa shape index (κ1) is 29.7. The number of pyridine rings is 2. The van der Waals surface area contributed by atoms with E-state index in [1.807, 2.05) is 6.07 Å². The van der Waals surface area contributed by atoms with Crippen LogP contribution in [-0.2, 0) is 12.7 Å². The van der Waals surface area contributed by atoms with Crippen LogP contribution in [0.15, 0.2) is 72.9 Å². The van der Waals surface area contributed by atoms with Gasteiger partial charge in [-0.1, -0.05) is 23.7 Å². The zero-order valence-electron chi connectivity index (χ0n) is 22.2. The highest BCUT2D eigenvalue weighted by atomic mass is 35.5. The van der Waals surface area contributed by atoms with Crippen molar-refractivity contribution in [1.29, 1.82) is 0 Å². The van der Waals surface area contributed by atoms with Gasteiger partial charge in [0.25, 0.3) is 11.8 Å². The highest BCUT2D eigenvalue weighted by Crippen LogP contribution is 2.31. The van der Waals surface area contributed by atoms with Crippen molar-refractivity contribution >= 4 is 34.8 Å².